The molecule has 1 atom stereocenters. The molecule has 1 aromatic heterocycles. The molecule has 3 aromatic carbocycles. The van der Waals surface area contributed by atoms with Crippen molar-refractivity contribution < 1.29 is 4.79 Å². The summed E-state index contributed by atoms with van der Waals surface area (Å²) < 4.78 is 0. The Hall–Kier alpha value is -3.86. The van der Waals surface area contributed by atoms with Crippen molar-refractivity contribution in [1.82, 2.24) is 15.3 Å². The fourth-order valence-corrected chi connectivity index (χ4v) is 4.94. The van der Waals surface area contributed by atoms with Crippen LogP contribution < -0.4 is 10.6 Å². The van der Waals surface area contributed by atoms with Crippen LogP contribution in [0.1, 0.15) is 54.3 Å². The molecule has 0 saturated heterocycles. The number of urea groups is 1. The molecule has 2 amide bonds. The van der Waals surface area contributed by atoms with Gasteiger partial charge in [0, 0.05) is 36.0 Å². The fraction of sp³-hybridized carbons (Fsp3) is 0.241. The smallest absolute Gasteiger partial charge is 0.319 e. The summed E-state index contributed by atoms with van der Waals surface area (Å²) in [6.07, 6.45) is 5.15. The third kappa shape index (κ3) is 4.34. The topological polar surface area (TPSA) is 69.8 Å². The molecule has 5 heteroatoms. The number of nitrogens with zero attached hydrogens (tertiary/aromatic N) is 1. The van der Waals surface area contributed by atoms with Crippen LogP contribution in [0.5, 0.6) is 0 Å². The summed E-state index contributed by atoms with van der Waals surface area (Å²) in [4.78, 5) is 20.6. The molecule has 3 N–H and O–H groups in total. The van der Waals surface area contributed by atoms with Gasteiger partial charge in [-0.3, -0.25) is 0 Å². The van der Waals surface area contributed by atoms with Gasteiger partial charge >= 0.3 is 6.03 Å². The molecule has 5 rings (SSSR count). The van der Waals surface area contributed by atoms with Gasteiger partial charge in [0.05, 0.1) is 0 Å². The Balaban J connectivity index is 1.36. The predicted octanol–water partition coefficient (Wildman–Crippen LogP) is 6.00. The van der Waals surface area contributed by atoms with E-state index in [1.54, 1.807) is 6.20 Å². The maximum atomic E-state index is 13.2. The Labute approximate surface area is 200 Å². The number of nitrogens with one attached hydrogen (secondary N) is 3. The lowest BCUT2D eigenvalue weighted by Gasteiger charge is -2.20. The van der Waals surface area contributed by atoms with Crippen LogP contribution in [-0.4, -0.2) is 22.0 Å². The lowest BCUT2D eigenvalue weighted by molar-refractivity contribution is 0.251. The summed E-state index contributed by atoms with van der Waals surface area (Å²) in [6.45, 7) is 4.28. The maximum absolute atomic E-state index is 13.2. The first-order valence-electron chi connectivity index (χ1n) is 11.9. The van der Waals surface area contributed by atoms with E-state index < -0.39 is 0 Å². The zero-order chi connectivity index (χ0) is 23.5. The van der Waals surface area contributed by atoms with Crippen LogP contribution >= 0.6 is 0 Å². The molecule has 0 spiro atoms. The van der Waals surface area contributed by atoms with Crippen molar-refractivity contribution in [2.45, 2.75) is 44.1 Å². The van der Waals surface area contributed by atoms with Crippen LogP contribution in [0.2, 0.25) is 0 Å². The molecule has 0 bridgehead atoms. The van der Waals surface area contributed by atoms with Gasteiger partial charge in [0.25, 0.3) is 0 Å². The number of amides is 2. The van der Waals surface area contributed by atoms with E-state index >= 15 is 0 Å². The summed E-state index contributed by atoms with van der Waals surface area (Å²) in [7, 11) is 0. The van der Waals surface area contributed by atoms with Crippen molar-refractivity contribution in [3.63, 3.8) is 0 Å². The summed E-state index contributed by atoms with van der Waals surface area (Å²) in [5.74, 6) is 1.20. The number of aromatic nitrogens is 2. The fourth-order valence-electron chi connectivity index (χ4n) is 4.94. The van der Waals surface area contributed by atoms with Gasteiger partial charge in [-0.25, -0.2) is 9.78 Å². The lowest BCUT2D eigenvalue weighted by atomic mass is 9.87. The minimum atomic E-state index is -0.193. The quantitative estimate of drug-likeness (QED) is 0.323. The molecule has 1 fully saturated rings. The van der Waals surface area contributed by atoms with Crippen molar-refractivity contribution in [2.75, 3.05) is 5.32 Å². The zero-order valence-electron chi connectivity index (χ0n) is 19.6. The van der Waals surface area contributed by atoms with Gasteiger partial charge in [0.15, 0.2) is 0 Å². The van der Waals surface area contributed by atoms with Crippen LogP contribution in [0.4, 0.5) is 10.5 Å². The molecule has 0 radical (unpaired) electrons. The standard InChI is InChI=1S/C29H30N4O/c1-20(2)24-14-13-21(18-27-30-15-16-31-27)17-25(24)32-28(34)33-26-19-29(26,22-9-5-3-6-10-22)23-11-7-4-8-12-23/h3-17,20,26H,18-19H2,1-2H3,(H,30,31)(H2,32,33,34). The summed E-state index contributed by atoms with van der Waals surface area (Å²) >= 11 is 0. The molecule has 172 valence electrons. The number of H-pyrrole nitrogens is 1. The Bertz CT molecular complexity index is 1210. The van der Waals surface area contributed by atoms with E-state index in [9.17, 15) is 4.79 Å². The van der Waals surface area contributed by atoms with E-state index in [-0.39, 0.29) is 17.5 Å². The highest BCUT2D eigenvalue weighted by Gasteiger charge is 2.57. The molecule has 4 aromatic rings. The van der Waals surface area contributed by atoms with Crippen molar-refractivity contribution in [3.8, 4) is 0 Å². The van der Waals surface area contributed by atoms with Crippen LogP contribution in [0.15, 0.2) is 91.3 Å². The van der Waals surface area contributed by atoms with Gasteiger partial charge < -0.3 is 15.6 Å². The maximum Gasteiger partial charge on any atom is 0.319 e. The minimum Gasteiger partial charge on any atom is -0.348 e. The normalized spacial score (nSPS) is 16.3. The first kappa shape index (κ1) is 22.0. The number of carbonyl (C=O) groups is 1. The third-order valence-electron chi connectivity index (χ3n) is 6.76. The van der Waals surface area contributed by atoms with Crippen LogP contribution in [0, 0.1) is 0 Å². The van der Waals surface area contributed by atoms with E-state index in [1.165, 1.54) is 11.1 Å². The molecular weight excluding hydrogens is 420 g/mol. The Morgan fingerprint density at radius 1 is 1.03 bits per heavy atom. The van der Waals surface area contributed by atoms with Crippen LogP contribution in [0.3, 0.4) is 0 Å². The highest BCUT2D eigenvalue weighted by Crippen LogP contribution is 2.53. The number of carbonyl (C=O) groups excluding carboxylic acids is 1. The number of imidazole rings is 1. The second-order valence-corrected chi connectivity index (χ2v) is 9.35. The SMILES string of the molecule is CC(C)c1ccc(Cc2ncc[nH]2)cc1NC(=O)NC1CC1(c1ccccc1)c1ccccc1. The average Bonchev–Trinajstić information content (AvgIpc) is 3.32. The van der Waals surface area contributed by atoms with E-state index in [4.69, 9.17) is 0 Å². The molecule has 1 saturated carbocycles. The number of aromatic amines is 1. The largest absolute Gasteiger partial charge is 0.348 e. The molecule has 34 heavy (non-hydrogen) atoms. The van der Waals surface area contributed by atoms with Crippen molar-refractivity contribution in [3.05, 3.63) is 119 Å². The summed E-state index contributed by atoms with van der Waals surface area (Å²) in [5, 5.41) is 6.40. The second-order valence-electron chi connectivity index (χ2n) is 9.35. The van der Waals surface area contributed by atoms with Crippen molar-refractivity contribution >= 4 is 11.7 Å². The lowest BCUT2D eigenvalue weighted by Crippen LogP contribution is -2.35. The Morgan fingerprint density at radius 3 is 2.29 bits per heavy atom. The average molecular weight is 451 g/mol. The monoisotopic (exact) mass is 450 g/mol. The zero-order valence-corrected chi connectivity index (χ0v) is 19.6. The second kappa shape index (κ2) is 9.18. The highest BCUT2D eigenvalue weighted by atomic mass is 16.2. The molecule has 1 aliphatic carbocycles. The van der Waals surface area contributed by atoms with E-state index in [0.29, 0.717) is 12.3 Å². The van der Waals surface area contributed by atoms with Gasteiger partial charge in [-0.1, -0.05) is 86.6 Å². The Kier molecular flexibility index (Phi) is 5.93. The molecule has 1 unspecified atom stereocenters. The van der Waals surface area contributed by atoms with Crippen molar-refractivity contribution in [2.24, 2.45) is 0 Å². The molecule has 5 nitrogen and oxygen atoms in total. The number of benzene rings is 3. The molecular formula is C29H30N4O. The van der Waals surface area contributed by atoms with Crippen LogP contribution in [-0.2, 0) is 11.8 Å². The van der Waals surface area contributed by atoms with E-state index in [1.807, 2.05) is 18.3 Å². The summed E-state index contributed by atoms with van der Waals surface area (Å²) in [6, 6.07) is 27.1. The molecule has 1 aliphatic rings. The number of rotatable bonds is 7. The van der Waals surface area contributed by atoms with E-state index in [0.717, 1.165) is 29.1 Å². The number of hydrogen-bond acceptors (Lipinski definition) is 2. The van der Waals surface area contributed by atoms with Crippen molar-refractivity contribution in [1.29, 1.82) is 0 Å². The van der Waals surface area contributed by atoms with Gasteiger partial charge in [-0.2, -0.15) is 0 Å². The Morgan fingerprint density at radius 2 is 1.71 bits per heavy atom. The van der Waals surface area contributed by atoms with E-state index in [2.05, 4.69) is 101 Å². The highest BCUT2D eigenvalue weighted by molar-refractivity contribution is 5.91. The number of anilines is 1. The predicted molar refractivity (Wildman–Crippen MR) is 136 cm³/mol. The van der Waals surface area contributed by atoms with Crippen LogP contribution in [0.25, 0.3) is 0 Å². The summed E-state index contributed by atoms with van der Waals surface area (Å²) in [5.41, 5.74) is 5.34. The van der Waals surface area contributed by atoms with Gasteiger partial charge in [0.2, 0.25) is 0 Å². The van der Waals surface area contributed by atoms with Gasteiger partial charge in [-0.15, -0.1) is 0 Å². The third-order valence-corrected chi connectivity index (χ3v) is 6.76. The number of hydrogen-bond donors (Lipinski definition) is 3. The first-order valence-corrected chi connectivity index (χ1v) is 11.9. The first-order chi connectivity index (χ1) is 16.6. The molecule has 1 heterocycles. The molecule has 0 aliphatic heterocycles. The minimum absolute atomic E-state index is 0.0334. The van der Waals surface area contributed by atoms with Gasteiger partial charge in [-0.05, 0) is 40.7 Å². The van der Waals surface area contributed by atoms with Gasteiger partial charge in [0.1, 0.15) is 5.82 Å².